The first kappa shape index (κ1) is 32.6. The number of aliphatic hydroxyl groups is 1. The number of anilines is 2. The first-order chi connectivity index (χ1) is 22.1. The summed E-state index contributed by atoms with van der Waals surface area (Å²) in [6, 6.07) is 2.40. The van der Waals surface area contributed by atoms with Crippen LogP contribution in [0.2, 0.25) is 5.02 Å². The van der Waals surface area contributed by atoms with Crippen LogP contribution in [0.3, 0.4) is 0 Å². The highest BCUT2D eigenvalue weighted by Gasteiger charge is 2.34. The number of carbonyl (C=O) groups excluding carboxylic acids is 1. The number of imidazole rings is 1. The largest absolute Gasteiger partial charge is 0.465 e. The van der Waals surface area contributed by atoms with Gasteiger partial charge in [0.15, 0.2) is 11.3 Å². The van der Waals surface area contributed by atoms with Crippen LogP contribution in [0.25, 0.3) is 11.3 Å². The zero-order valence-corrected chi connectivity index (χ0v) is 26.6. The summed E-state index contributed by atoms with van der Waals surface area (Å²) >= 11 is 6.19. The lowest BCUT2D eigenvalue weighted by molar-refractivity contribution is -0.137. The predicted octanol–water partition coefficient (Wildman–Crippen LogP) is 5.64. The van der Waals surface area contributed by atoms with E-state index in [-0.39, 0.29) is 60.2 Å². The molecule has 2 amide bonds. The van der Waals surface area contributed by atoms with Crippen LogP contribution in [0.5, 0.6) is 0 Å². The molecule has 47 heavy (non-hydrogen) atoms. The molecule has 1 saturated heterocycles. The van der Waals surface area contributed by atoms with Gasteiger partial charge in [-0.2, -0.15) is 22.8 Å². The molecule has 4 aromatic rings. The molecule has 0 radical (unpaired) electrons. The van der Waals surface area contributed by atoms with Crippen molar-refractivity contribution in [2.24, 2.45) is 5.92 Å². The lowest BCUT2D eigenvalue weighted by Gasteiger charge is -2.34. The van der Waals surface area contributed by atoms with Crippen LogP contribution in [0.4, 0.5) is 34.4 Å². The number of carbonyl (C=O) groups is 2. The number of alkyl halides is 3. The molecule has 13 nitrogen and oxygen atoms in total. The maximum atomic E-state index is 13.8. The maximum absolute atomic E-state index is 13.8. The molecule has 1 aliphatic carbocycles. The number of nitrogens with zero attached hydrogens (tertiary/aromatic N) is 7. The molecule has 2 fully saturated rings. The standard InChI is InChI=1S/C30H34ClF3N8O5/c1-29(2,3)47-28(46)41(14-19-13-40-12-18(30(32,33)34)8-21(31)26(40)37-19)24-9-23(38-25-20(16-4-5-16)11-36-42(24)25)35-10-17-6-7-39(27(44)45)15-22(17)43/h8-9,11-13,16-17,22,43H,4-7,10,14-15H2,1-3H3,(H,35,38)(H,44,45)/t17-,22+/m1/s1. The molecule has 17 heteroatoms. The van der Waals surface area contributed by atoms with Crippen molar-refractivity contribution >= 4 is 46.7 Å². The molecule has 2 aliphatic rings. The topological polar surface area (TPSA) is 150 Å². The van der Waals surface area contributed by atoms with Crippen molar-refractivity contribution in [1.29, 1.82) is 0 Å². The van der Waals surface area contributed by atoms with Gasteiger partial charge < -0.3 is 29.6 Å². The summed E-state index contributed by atoms with van der Waals surface area (Å²) in [7, 11) is 0. The normalized spacial score (nSPS) is 18.9. The molecule has 0 aromatic carbocycles. The van der Waals surface area contributed by atoms with Gasteiger partial charge >= 0.3 is 18.4 Å². The van der Waals surface area contributed by atoms with Crippen molar-refractivity contribution in [2.45, 2.75) is 70.4 Å². The Kier molecular flexibility index (Phi) is 8.36. The van der Waals surface area contributed by atoms with Crippen molar-refractivity contribution < 1.29 is 37.7 Å². The summed E-state index contributed by atoms with van der Waals surface area (Å²) in [6.07, 6.45) is -1.04. The average molecular weight is 679 g/mol. The molecular formula is C30H34ClF3N8O5. The van der Waals surface area contributed by atoms with Gasteiger partial charge in [-0.05, 0) is 52.0 Å². The number of hydrogen-bond donors (Lipinski definition) is 3. The highest BCUT2D eigenvalue weighted by atomic mass is 35.5. The Labute approximate surface area is 271 Å². The number of ether oxygens (including phenoxy) is 1. The third-order valence-electron chi connectivity index (χ3n) is 8.13. The second-order valence-electron chi connectivity index (χ2n) is 12.9. The Balaban J connectivity index is 1.38. The van der Waals surface area contributed by atoms with E-state index in [1.807, 2.05) is 0 Å². The van der Waals surface area contributed by atoms with Crippen LogP contribution < -0.4 is 10.2 Å². The van der Waals surface area contributed by atoms with Gasteiger partial charge in [-0.3, -0.25) is 4.90 Å². The second kappa shape index (κ2) is 12.0. The van der Waals surface area contributed by atoms with Crippen molar-refractivity contribution in [2.75, 3.05) is 29.9 Å². The van der Waals surface area contributed by atoms with Gasteiger partial charge in [0.1, 0.15) is 17.2 Å². The number of pyridine rings is 1. The van der Waals surface area contributed by atoms with Gasteiger partial charge in [-0.15, -0.1) is 0 Å². The fourth-order valence-electron chi connectivity index (χ4n) is 5.61. The van der Waals surface area contributed by atoms with Crippen LogP contribution in [0.1, 0.15) is 62.8 Å². The number of aliphatic hydroxyl groups excluding tert-OH is 1. The SMILES string of the molecule is CC(C)(C)OC(=O)N(Cc1cn2cc(C(F)(F)F)cc(Cl)c2n1)c1cc(NC[C@H]2CCN(C(=O)O)C[C@@H]2O)nc2c(C3CC3)cnn12. The molecular weight excluding hydrogens is 645 g/mol. The van der Waals surface area contributed by atoms with Crippen molar-refractivity contribution in [1.82, 2.24) is 28.9 Å². The number of hydrogen-bond acceptors (Lipinski definition) is 8. The molecule has 6 rings (SSSR count). The molecule has 1 saturated carbocycles. The van der Waals surface area contributed by atoms with E-state index >= 15 is 0 Å². The van der Waals surface area contributed by atoms with Gasteiger partial charge in [-0.25, -0.2) is 19.6 Å². The molecule has 2 atom stereocenters. The predicted molar refractivity (Wildman–Crippen MR) is 165 cm³/mol. The third-order valence-corrected chi connectivity index (χ3v) is 8.41. The number of nitrogens with one attached hydrogen (secondary N) is 1. The molecule has 1 aliphatic heterocycles. The van der Waals surface area contributed by atoms with Crippen LogP contribution in [-0.2, 0) is 17.5 Å². The second-order valence-corrected chi connectivity index (χ2v) is 13.3. The average Bonchev–Trinajstić information content (AvgIpc) is 3.58. The number of amides is 2. The maximum Gasteiger partial charge on any atom is 0.417 e. The van der Waals surface area contributed by atoms with Crippen molar-refractivity contribution in [3.8, 4) is 0 Å². The summed E-state index contributed by atoms with van der Waals surface area (Å²) < 4.78 is 48.9. The zero-order valence-electron chi connectivity index (χ0n) is 25.8. The molecule has 0 unspecified atom stereocenters. The van der Waals surface area contributed by atoms with Gasteiger partial charge in [0, 0.05) is 43.0 Å². The molecule has 252 valence electrons. The highest BCUT2D eigenvalue weighted by Crippen LogP contribution is 2.42. The lowest BCUT2D eigenvalue weighted by Crippen LogP contribution is -2.47. The van der Waals surface area contributed by atoms with Gasteiger partial charge in [0.2, 0.25) is 0 Å². The molecule has 0 bridgehead atoms. The third kappa shape index (κ3) is 7.02. The highest BCUT2D eigenvalue weighted by molar-refractivity contribution is 6.33. The Hall–Kier alpha value is -4.31. The molecule has 4 aromatic heterocycles. The fourth-order valence-corrected chi connectivity index (χ4v) is 5.87. The van der Waals surface area contributed by atoms with Crippen LogP contribution in [-0.4, -0.2) is 82.6 Å². The van der Waals surface area contributed by atoms with E-state index in [2.05, 4.69) is 15.4 Å². The Bertz CT molecular complexity index is 1830. The number of piperidine rings is 1. The Morgan fingerprint density at radius 1 is 1.13 bits per heavy atom. The summed E-state index contributed by atoms with van der Waals surface area (Å²) in [5, 5.41) is 27.5. The minimum absolute atomic E-state index is 0.00619. The van der Waals surface area contributed by atoms with E-state index in [0.717, 1.165) is 30.7 Å². The van der Waals surface area contributed by atoms with Crippen LogP contribution >= 0.6 is 11.6 Å². The van der Waals surface area contributed by atoms with E-state index in [9.17, 15) is 33.0 Å². The van der Waals surface area contributed by atoms with E-state index in [4.69, 9.17) is 21.3 Å². The van der Waals surface area contributed by atoms with Gasteiger partial charge in [-0.1, -0.05) is 11.6 Å². The number of halogens is 4. The minimum Gasteiger partial charge on any atom is -0.465 e. The number of carboxylic acid groups (broad SMARTS) is 1. The van der Waals surface area contributed by atoms with E-state index in [0.29, 0.717) is 17.9 Å². The number of fused-ring (bicyclic) bond motifs is 2. The van der Waals surface area contributed by atoms with E-state index in [1.54, 1.807) is 33.0 Å². The Morgan fingerprint density at radius 3 is 2.51 bits per heavy atom. The van der Waals surface area contributed by atoms with Crippen molar-refractivity contribution in [3.05, 3.63) is 52.6 Å². The minimum atomic E-state index is -4.63. The van der Waals surface area contributed by atoms with Crippen LogP contribution in [0.15, 0.2) is 30.7 Å². The first-order valence-corrected chi connectivity index (χ1v) is 15.5. The monoisotopic (exact) mass is 678 g/mol. The molecule has 0 spiro atoms. The first-order valence-electron chi connectivity index (χ1n) is 15.1. The van der Waals surface area contributed by atoms with Crippen LogP contribution in [0, 0.1) is 5.92 Å². The molecule has 3 N–H and O–H groups in total. The summed E-state index contributed by atoms with van der Waals surface area (Å²) in [6.45, 7) is 5.48. The summed E-state index contributed by atoms with van der Waals surface area (Å²) in [5.74, 6) is 0.637. The fraction of sp³-hybridized carbons (Fsp3) is 0.500. The summed E-state index contributed by atoms with van der Waals surface area (Å²) in [5.41, 5.74) is -0.111. The molecule has 5 heterocycles. The van der Waals surface area contributed by atoms with Gasteiger partial charge in [0.25, 0.3) is 0 Å². The quantitative estimate of drug-likeness (QED) is 0.226. The smallest absolute Gasteiger partial charge is 0.417 e. The number of likely N-dealkylation sites (tertiary alicyclic amines) is 1. The summed E-state index contributed by atoms with van der Waals surface area (Å²) in [4.78, 5) is 36.8. The van der Waals surface area contributed by atoms with Gasteiger partial charge in [0.05, 0.1) is 41.7 Å². The number of β-amino-alcohol motifs (C(OH)–C–C–N with tert-alkyl or cyclic N) is 1. The number of rotatable bonds is 7. The van der Waals surface area contributed by atoms with Crippen molar-refractivity contribution in [3.63, 3.8) is 0 Å². The zero-order chi connectivity index (χ0) is 33.8. The van der Waals surface area contributed by atoms with E-state index < -0.39 is 35.6 Å². The number of aromatic nitrogens is 5. The Morgan fingerprint density at radius 2 is 1.87 bits per heavy atom. The lowest BCUT2D eigenvalue weighted by atomic mass is 9.94. The van der Waals surface area contributed by atoms with E-state index in [1.165, 1.54) is 24.9 Å².